The number of hydrogen-bond acceptors (Lipinski definition) is 3. The number of hydrogen-bond donors (Lipinski definition) is 0. The van der Waals surface area contributed by atoms with Gasteiger partial charge in [-0.2, -0.15) is 15.8 Å². The van der Waals surface area contributed by atoms with Crippen LogP contribution >= 0.6 is 0 Å². The van der Waals surface area contributed by atoms with E-state index in [2.05, 4.69) is 108 Å². The Morgan fingerprint density at radius 2 is 0.957 bits per heavy atom. The summed E-state index contributed by atoms with van der Waals surface area (Å²) in [5.41, 5.74) is 10.6. The molecule has 5 nitrogen and oxygen atoms in total. The molecule has 0 N–H and O–H groups in total. The molecular formula is C41H25N5. The lowest BCUT2D eigenvalue weighted by atomic mass is 9.96. The van der Waals surface area contributed by atoms with Gasteiger partial charge in [0.15, 0.2) is 0 Å². The number of nitrogens with zero attached hydrogens (tertiary/aromatic N) is 5. The van der Waals surface area contributed by atoms with E-state index >= 15 is 0 Å². The van der Waals surface area contributed by atoms with E-state index in [0.29, 0.717) is 16.7 Å². The van der Waals surface area contributed by atoms with Crippen molar-refractivity contribution in [1.29, 1.82) is 15.8 Å². The molecule has 0 atom stereocenters. The van der Waals surface area contributed by atoms with Crippen molar-refractivity contribution in [2.45, 2.75) is 13.8 Å². The molecule has 0 aliphatic heterocycles. The molecule has 0 saturated carbocycles. The molecule has 2 heterocycles. The molecule has 6 aromatic carbocycles. The highest BCUT2D eigenvalue weighted by atomic mass is 15.0. The first-order valence-corrected chi connectivity index (χ1v) is 15.0. The Hall–Kier alpha value is -6.61. The average molecular weight is 588 g/mol. The van der Waals surface area contributed by atoms with Crippen molar-refractivity contribution >= 4 is 43.6 Å². The molecule has 0 aliphatic rings. The summed E-state index contributed by atoms with van der Waals surface area (Å²) in [6.45, 7) is 4.15. The van der Waals surface area contributed by atoms with Crippen LogP contribution in [0.15, 0.2) is 115 Å². The Morgan fingerprint density at radius 3 is 1.48 bits per heavy atom. The van der Waals surface area contributed by atoms with Gasteiger partial charge in [0.05, 0.1) is 62.3 Å². The number of fused-ring (bicyclic) bond motifs is 6. The van der Waals surface area contributed by atoms with E-state index in [1.807, 2.05) is 42.5 Å². The van der Waals surface area contributed by atoms with Crippen LogP contribution in [0.5, 0.6) is 0 Å². The van der Waals surface area contributed by atoms with Gasteiger partial charge in [0.2, 0.25) is 0 Å². The normalized spacial score (nSPS) is 11.2. The molecule has 0 spiro atoms. The van der Waals surface area contributed by atoms with Gasteiger partial charge in [0, 0.05) is 27.1 Å². The lowest BCUT2D eigenvalue weighted by molar-refractivity contribution is 1.13. The first-order valence-electron chi connectivity index (χ1n) is 15.0. The van der Waals surface area contributed by atoms with E-state index in [9.17, 15) is 15.8 Å². The van der Waals surface area contributed by atoms with Gasteiger partial charge >= 0.3 is 0 Å². The van der Waals surface area contributed by atoms with Gasteiger partial charge in [-0.05, 0) is 85.1 Å². The van der Waals surface area contributed by atoms with Crippen molar-refractivity contribution in [3.8, 4) is 40.7 Å². The minimum Gasteiger partial charge on any atom is -0.309 e. The van der Waals surface area contributed by atoms with Crippen LogP contribution in [0.1, 0.15) is 27.8 Å². The predicted molar refractivity (Wildman–Crippen MR) is 184 cm³/mol. The van der Waals surface area contributed by atoms with Gasteiger partial charge in [-0.3, -0.25) is 0 Å². The van der Waals surface area contributed by atoms with Crippen LogP contribution in [-0.2, 0) is 0 Å². The lowest BCUT2D eigenvalue weighted by Crippen LogP contribution is -2.04. The van der Waals surface area contributed by atoms with Crippen LogP contribution in [0.4, 0.5) is 0 Å². The number of para-hydroxylation sites is 2. The van der Waals surface area contributed by atoms with E-state index in [4.69, 9.17) is 0 Å². The fourth-order valence-electron chi connectivity index (χ4n) is 6.86. The summed E-state index contributed by atoms with van der Waals surface area (Å²) < 4.78 is 4.37. The second-order valence-electron chi connectivity index (χ2n) is 11.8. The van der Waals surface area contributed by atoms with Crippen LogP contribution in [-0.4, -0.2) is 9.13 Å². The molecule has 0 aliphatic carbocycles. The van der Waals surface area contributed by atoms with E-state index in [1.54, 1.807) is 6.07 Å². The standard InChI is InChI=1S/C41H25N5/c1-25-11-13-33-31-7-3-5-9-36(31)45(39(33)15-25)38-21-35(29-18-27(22-42)17-28(19-29)23-43)41(20-30(38)24-44)46-37-10-6-4-8-32(37)34-14-12-26(2)16-40(34)46/h3-21H,1-2H3. The van der Waals surface area contributed by atoms with Crippen molar-refractivity contribution in [2.75, 3.05) is 0 Å². The van der Waals surface area contributed by atoms with E-state index in [0.717, 1.165) is 77.2 Å². The molecule has 0 saturated heterocycles. The highest BCUT2D eigenvalue weighted by Gasteiger charge is 2.22. The highest BCUT2D eigenvalue weighted by molar-refractivity contribution is 6.11. The number of nitriles is 3. The summed E-state index contributed by atoms with van der Waals surface area (Å²) in [5, 5.41) is 35.1. The maximum atomic E-state index is 10.8. The van der Waals surface area contributed by atoms with Gasteiger partial charge in [-0.15, -0.1) is 0 Å². The third-order valence-electron chi connectivity index (χ3n) is 8.88. The molecule has 0 unspecified atom stereocenters. The zero-order chi connectivity index (χ0) is 31.5. The molecule has 46 heavy (non-hydrogen) atoms. The molecule has 2 aromatic heterocycles. The first-order chi connectivity index (χ1) is 22.5. The maximum absolute atomic E-state index is 10.8. The SMILES string of the molecule is Cc1ccc2c3ccccc3n(-c3cc(-c4cc(C#N)cc(C#N)c4)c(-n4c5ccccc5c5ccc(C)cc54)cc3C#N)c2c1. The van der Waals surface area contributed by atoms with Crippen LogP contribution < -0.4 is 0 Å². The lowest BCUT2D eigenvalue weighted by Gasteiger charge is -2.19. The quantitative estimate of drug-likeness (QED) is 0.206. The Labute approximate surface area is 265 Å². The third kappa shape index (κ3) is 3.99. The van der Waals surface area contributed by atoms with Crippen LogP contribution in [0.2, 0.25) is 0 Å². The van der Waals surface area contributed by atoms with Gasteiger partial charge < -0.3 is 9.13 Å². The Bertz CT molecular complexity index is 2670. The molecule has 214 valence electrons. The van der Waals surface area contributed by atoms with E-state index in [1.165, 1.54) is 0 Å². The summed E-state index contributed by atoms with van der Waals surface area (Å²) in [6, 6.07) is 45.6. The highest BCUT2D eigenvalue weighted by Crippen LogP contribution is 2.41. The summed E-state index contributed by atoms with van der Waals surface area (Å²) in [6.07, 6.45) is 0. The fourth-order valence-corrected chi connectivity index (χ4v) is 6.86. The largest absolute Gasteiger partial charge is 0.309 e. The van der Waals surface area contributed by atoms with Crippen LogP contribution in [0.3, 0.4) is 0 Å². The minimum atomic E-state index is 0.400. The van der Waals surface area contributed by atoms with Crippen molar-refractivity contribution in [1.82, 2.24) is 9.13 Å². The van der Waals surface area contributed by atoms with Crippen molar-refractivity contribution in [3.05, 3.63) is 143 Å². The predicted octanol–water partition coefficient (Wildman–Crippen LogP) is 9.78. The summed E-state index contributed by atoms with van der Waals surface area (Å²) in [4.78, 5) is 0. The summed E-state index contributed by atoms with van der Waals surface area (Å²) >= 11 is 0. The molecule has 0 bridgehead atoms. The van der Waals surface area contributed by atoms with Crippen LogP contribution in [0, 0.1) is 47.8 Å². The molecule has 8 aromatic rings. The second kappa shape index (κ2) is 10.2. The molecule has 5 heteroatoms. The number of benzene rings is 6. The summed E-state index contributed by atoms with van der Waals surface area (Å²) in [7, 11) is 0. The number of rotatable bonds is 3. The van der Waals surface area contributed by atoms with E-state index in [-0.39, 0.29) is 0 Å². The zero-order valence-electron chi connectivity index (χ0n) is 25.2. The minimum absolute atomic E-state index is 0.400. The van der Waals surface area contributed by atoms with Gasteiger partial charge in [-0.1, -0.05) is 60.7 Å². The zero-order valence-corrected chi connectivity index (χ0v) is 25.2. The van der Waals surface area contributed by atoms with Crippen LogP contribution in [0.25, 0.3) is 66.1 Å². The smallest absolute Gasteiger partial charge is 0.101 e. The van der Waals surface area contributed by atoms with Crippen molar-refractivity contribution < 1.29 is 0 Å². The maximum Gasteiger partial charge on any atom is 0.101 e. The van der Waals surface area contributed by atoms with Crippen molar-refractivity contribution in [3.63, 3.8) is 0 Å². The van der Waals surface area contributed by atoms with Gasteiger partial charge in [0.1, 0.15) is 6.07 Å². The Kier molecular flexibility index (Phi) is 6.01. The Balaban J connectivity index is 1.57. The number of aryl methyl sites for hydroxylation is 2. The fraction of sp³-hybridized carbons (Fsp3) is 0.0488. The monoisotopic (exact) mass is 587 g/mol. The van der Waals surface area contributed by atoms with Gasteiger partial charge in [0.25, 0.3) is 0 Å². The number of aromatic nitrogens is 2. The molecular weight excluding hydrogens is 562 g/mol. The average Bonchev–Trinajstić information content (AvgIpc) is 3.59. The molecule has 0 radical (unpaired) electrons. The molecule has 0 amide bonds. The summed E-state index contributed by atoms with van der Waals surface area (Å²) in [5.74, 6) is 0. The van der Waals surface area contributed by atoms with E-state index < -0.39 is 0 Å². The first kappa shape index (κ1) is 27.0. The third-order valence-corrected chi connectivity index (χ3v) is 8.88. The topological polar surface area (TPSA) is 81.2 Å². The molecule has 0 fully saturated rings. The Morgan fingerprint density at radius 1 is 0.457 bits per heavy atom. The van der Waals surface area contributed by atoms with Crippen molar-refractivity contribution in [2.24, 2.45) is 0 Å². The van der Waals surface area contributed by atoms with Gasteiger partial charge in [-0.25, -0.2) is 0 Å². The molecule has 8 rings (SSSR count). The second-order valence-corrected chi connectivity index (χ2v) is 11.8.